The normalized spacial score (nSPS) is 24.4. The van der Waals surface area contributed by atoms with Gasteiger partial charge in [-0.3, -0.25) is 9.69 Å². The molecule has 4 heteroatoms. The first-order chi connectivity index (χ1) is 9.24. The minimum atomic E-state index is 0.0490. The lowest BCUT2D eigenvalue weighted by atomic mass is 10.1. The zero-order valence-electron chi connectivity index (χ0n) is 11.4. The van der Waals surface area contributed by atoms with Crippen molar-refractivity contribution in [1.82, 2.24) is 15.1 Å². The molecule has 0 bridgehead atoms. The fraction of sp³-hybridized carbons (Fsp3) is 0.533. The van der Waals surface area contributed by atoms with Crippen LogP contribution in [-0.2, 0) is 11.3 Å². The molecule has 2 saturated heterocycles. The third-order valence-electron chi connectivity index (χ3n) is 4.10. The zero-order chi connectivity index (χ0) is 13.2. The summed E-state index contributed by atoms with van der Waals surface area (Å²) >= 11 is 0. The molecule has 0 spiro atoms. The molecule has 3 rings (SSSR count). The van der Waals surface area contributed by atoms with Gasteiger partial charge >= 0.3 is 0 Å². The van der Waals surface area contributed by atoms with Crippen LogP contribution in [0.2, 0.25) is 0 Å². The van der Waals surface area contributed by atoms with Crippen molar-refractivity contribution in [2.45, 2.75) is 19.5 Å². The summed E-state index contributed by atoms with van der Waals surface area (Å²) in [5.41, 5.74) is 2.48. The van der Waals surface area contributed by atoms with E-state index in [2.05, 4.69) is 41.4 Å². The number of amides is 1. The molecule has 2 aliphatic rings. The smallest absolute Gasteiger partial charge is 0.241 e. The quantitative estimate of drug-likeness (QED) is 0.845. The van der Waals surface area contributed by atoms with Crippen molar-refractivity contribution in [3.05, 3.63) is 35.4 Å². The molecule has 0 aromatic heterocycles. The Bertz CT molecular complexity index is 457. The van der Waals surface area contributed by atoms with Crippen molar-refractivity contribution >= 4 is 5.91 Å². The van der Waals surface area contributed by atoms with Gasteiger partial charge in [0.2, 0.25) is 5.91 Å². The molecule has 2 aliphatic heterocycles. The number of hydrogen-bond acceptors (Lipinski definition) is 3. The number of benzene rings is 1. The molecule has 102 valence electrons. The fourth-order valence-corrected chi connectivity index (χ4v) is 2.90. The number of carbonyl (C=O) groups excluding carboxylic acids is 1. The lowest BCUT2D eigenvalue weighted by molar-refractivity contribution is -0.143. The van der Waals surface area contributed by atoms with Crippen molar-refractivity contribution in [3.63, 3.8) is 0 Å². The number of nitrogens with zero attached hydrogens (tertiary/aromatic N) is 2. The minimum Gasteiger partial charge on any atom is -0.336 e. The van der Waals surface area contributed by atoms with Gasteiger partial charge in [0.1, 0.15) is 6.04 Å². The van der Waals surface area contributed by atoms with Gasteiger partial charge in [-0.05, 0) is 12.5 Å². The Morgan fingerprint density at radius 1 is 1.21 bits per heavy atom. The van der Waals surface area contributed by atoms with Crippen LogP contribution in [0.3, 0.4) is 0 Å². The number of aryl methyl sites for hydroxylation is 1. The van der Waals surface area contributed by atoms with E-state index in [1.54, 1.807) is 0 Å². The van der Waals surface area contributed by atoms with Gasteiger partial charge in [-0.25, -0.2) is 0 Å². The summed E-state index contributed by atoms with van der Waals surface area (Å²) in [5, 5.41) is 3.32. The molecular formula is C15H21N3O. The molecule has 0 radical (unpaired) electrons. The molecule has 1 atom stereocenters. The van der Waals surface area contributed by atoms with Gasteiger partial charge < -0.3 is 10.2 Å². The van der Waals surface area contributed by atoms with E-state index >= 15 is 0 Å². The van der Waals surface area contributed by atoms with Crippen LogP contribution in [0.5, 0.6) is 0 Å². The van der Waals surface area contributed by atoms with Crippen LogP contribution in [0.15, 0.2) is 24.3 Å². The van der Waals surface area contributed by atoms with E-state index < -0.39 is 0 Å². The van der Waals surface area contributed by atoms with Gasteiger partial charge in [-0.1, -0.05) is 29.8 Å². The largest absolute Gasteiger partial charge is 0.336 e. The van der Waals surface area contributed by atoms with E-state index in [0.29, 0.717) is 0 Å². The Hall–Kier alpha value is -1.39. The Balaban J connectivity index is 1.68. The average molecular weight is 259 g/mol. The van der Waals surface area contributed by atoms with Crippen LogP contribution >= 0.6 is 0 Å². The van der Waals surface area contributed by atoms with Crippen molar-refractivity contribution in [3.8, 4) is 0 Å². The predicted molar refractivity (Wildman–Crippen MR) is 74.8 cm³/mol. The third-order valence-corrected chi connectivity index (χ3v) is 4.10. The molecule has 1 unspecified atom stereocenters. The van der Waals surface area contributed by atoms with Gasteiger partial charge in [0.15, 0.2) is 0 Å². The summed E-state index contributed by atoms with van der Waals surface area (Å²) in [6, 6.07) is 8.51. The highest BCUT2D eigenvalue weighted by molar-refractivity contribution is 5.83. The van der Waals surface area contributed by atoms with Crippen molar-refractivity contribution < 1.29 is 4.79 Å². The van der Waals surface area contributed by atoms with Crippen LogP contribution in [0.1, 0.15) is 11.1 Å². The van der Waals surface area contributed by atoms with Crippen LogP contribution < -0.4 is 5.32 Å². The van der Waals surface area contributed by atoms with E-state index in [1.165, 1.54) is 11.1 Å². The number of piperazine rings is 2. The number of nitrogens with one attached hydrogen (secondary N) is 1. The molecule has 1 aromatic rings. The number of hydrogen-bond donors (Lipinski definition) is 1. The first-order valence-electron chi connectivity index (χ1n) is 7.03. The molecule has 2 fully saturated rings. The van der Waals surface area contributed by atoms with Gasteiger partial charge in [0, 0.05) is 39.3 Å². The SMILES string of the molecule is Cc1ccc(CN2CCN3CCNCC3C2=O)cc1. The van der Waals surface area contributed by atoms with E-state index in [-0.39, 0.29) is 11.9 Å². The summed E-state index contributed by atoms with van der Waals surface area (Å²) in [7, 11) is 0. The summed E-state index contributed by atoms with van der Waals surface area (Å²) < 4.78 is 0. The first kappa shape index (κ1) is 12.6. The number of rotatable bonds is 2. The summed E-state index contributed by atoms with van der Waals surface area (Å²) in [4.78, 5) is 16.8. The van der Waals surface area contributed by atoms with Gasteiger partial charge in [-0.2, -0.15) is 0 Å². The van der Waals surface area contributed by atoms with Crippen LogP contribution in [0.4, 0.5) is 0 Å². The van der Waals surface area contributed by atoms with Gasteiger partial charge in [-0.15, -0.1) is 0 Å². The maximum atomic E-state index is 12.5. The highest BCUT2D eigenvalue weighted by atomic mass is 16.2. The van der Waals surface area contributed by atoms with E-state index in [9.17, 15) is 4.79 Å². The maximum Gasteiger partial charge on any atom is 0.241 e. The highest BCUT2D eigenvalue weighted by Crippen LogP contribution is 2.16. The zero-order valence-corrected chi connectivity index (χ0v) is 11.4. The van der Waals surface area contributed by atoms with Crippen LogP contribution in [0, 0.1) is 6.92 Å². The van der Waals surface area contributed by atoms with Crippen LogP contribution in [-0.4, -0.2) is 54.5 Å². The second kappa shape index (κ2) is 5.31. The predicted octanol–water partition coefficient (Wildman–Crippen LogP) is 0.611. The van der Waals surface area contributed by atoms with Crippen LogP contribution in [0.25, 0.3) is 0 Å². The molecule has 1 aromatic carbocycles. The Morgan fingerprint density at radius 2 is 2.00 bits per heavy atom. The standard InChI is InChI=1S/C15H21N3O/c1-12-2-4-13(5-3-12)11-18-9-8-17-7-6-16-10-14(17)15(18)19/h2-5,14,16H,6-11H2,1H3. The van der Waals surface area contributed by atoms with E-state index in [1.807, 2.05) is 4.90 Å². The summed E-state index contributed by atoms with van der Waals surface area (Å²) in [5.74, 6) is 0.277. The van der Waals surface area contributed by atoms with Gasteiger partial charge in [0.05, 0.1) is 0 Å². The molecule has 1 N–H and O–H groups in total. The maximum absolute atomic E-state index is 12.5. The Kier molecular flexibility index (Phi) is 3.53. The molecule has 4 nitrogen and oxygen atoms in total. The first-order valence-corrected chi connectivity index (χ1v) is 7.03. The lowest BCUT2D eigenvalue weighted by Crippen LogP contribution is -2.63. The monoisotopic (exact) mass is 259 g/mol. The molecule has 0 aliphatic carbocycles. The minimum absolute atomic E-state index is 0.0490. The van der Waals surface area contributed by atoms with Gasteiger partial charge in [0.25, 0.3) is 0 Å². The number of fused-ring (bicyclic) bond motifs is 1. The summed E-state index contributed by atoms with van der Waals surface area (Å²) in [6.45, 7) is 7.47. The van der Waals surface area contributed by atoms with E-state index in [4.69, 9.17) is 0 Å². The second-order valence-corrected chi connectivity index (χ2v) is 5.50. The molecule has 19 heavy (non-hydrogen) atoms. The highest BCUT2D eigenvalue weighted by Gasteiger charge is 2.35. The third kappa shape index (κ3) is 2.65. The Labute approximate surface area is 114 Å². The molecule has 2 heterocycles. The Morgan fingerprint density at radius 3 is 2.79 bits per heavy atom. The summed E-state index contributed by atoms with van der Waals surface area (Å²) in [6.07, 6.45) is 0. The topological polar surface area (TPSA) is 35.6 Å². The lowest BCUT2D eigenvalue weighted by Gasteiger charge is -2.43. The van der Waals surface area contributed by atoms with Crippen molar-refractivity contribution in [2.24, 2.45) is 0 Å². The van der Waals surface area contributed by atoms with Crippen molar-refractivity contribution in [1.29, 1.82) is 0 Å². The second-order valence-electron chi connectivity index (χ2n) is 5.50. The van der Waals surface area contributed by atoms with E-state index in [0.717, 1.165) is 39.3 Å². The number of carbonyl (C=O) groups is 1. The average Bonchev–Trinajstić information content (AvgIpc) is 2.45. The fourth-order valence-electron chi connectivity index (χ4n) is 2.90. The molecule has 1 amide bonds. The molecular weight excluding hydrogens is 238 g/mol. The van der Waals surface area contributed by atoms with Crippen molar-refractivity contribution in [2.75, 3.05) is 32.7 Å². The molecule has 0 saturated carbocycles.